The lowest BCUT2D eigenvalue weighted by molar-refractivity contribution is 0.578. The standard InChI is InChI=1S/C11H14F2N2/c12-7-4-5-10(8(13)6-7)15-11-3-1-2-9(11)14/h4-6,9,11,15H,1-3,14H2/t9-,11-/m0/s1. The Labute approximate surface area is 87.5 Å². The molecule has 0 amide bonds. The van der Waals surface area contributed by atoms with Crippen LogP contribution in [0.25, 0.3) is 0 Å². The van der Waals surface area contributed by atoms with Gasteiger partial charge >= 0.3 is 0 Å². The van der Waals surface area contributed by atoms with E-state index >= 15 is 0 Å². The van der Waals surface area contributed by atoms with E-state index in [0.717, 1.165) is 25.3 Å². The third kappa shape index (κ3) is 2.26. The van der Waals surface area contributed by atoms with E-state index in [0.29, 0.717) is 5.69 Å². The first-order chi connectivity index (χ1) is 7.16. The summed E-state index contributed by atoms with van der Waals surface area (Å²) in [5, 5.41) is 3.02. The minimum Gasteiger partial charge on any atom is -0.378 e. The normalized spacial score (nSPS) is 25.5. The van der Waals surface area contributed by atoms with Crippen LogP contribution in [0.5, 0.6) is 0 Å². The van der Waals surface area contributed by atoms with Crippen LogP contribution in [-0.2, 0) is 0 Å². The molecule has 0 unspecified atom stereocenters. The van der Waals surface area contributed by atoms with Crippen molar-refractivity contribution < 1.29 is 8.78 Å². The van der Waals surface area contributed by atoms with Gasteiger partial charge in [-0.05, 0) is 31.4 Å². The van der Waals surface area contributed by atoms with Gasteiger partial charge in [-0.1, -0.05) is 0 Å². The highest BCUT2D eigenvalue weighted by Gasteiger charge is 2.24. The molecule has 15 heavy (non-hydrogen) atoms. The molecule has 1 aliphatic rings. The molecule has 1 saturated carbocycles. The van der Waals surface area contributed by atoms with Crippen LogP contribution in [0, 0.1) is 11.6 Å². The average molecular weight is 212 g/mol. The van der Waals surface area contributed by atoms with E-state index in [1.807, 2.05) is 0 Å². The van der Waals surface area contributed by atoms with Gasteiger partial charge in [0.15, 0.2) is 0 Å². The maximum Gasteiger partial charge on any atom is 0.149 e. The zero-order valence-corrected chi connectivity index (χ0v) is 8.34. The Morgan fingerprint density at radius 3 is 2.67 bits per heavy atom. The Hall–Kier alpha value is -1.16. The molecule has 82 valence electrons. The van der Waals surface area contributed by atoms with Gasteiger partial charge < -0.3 is 11.1 Å². The second kappa shape index (κ2) is 4.14. The zero-order valence-electron chi connectivity index (χ0n) is 8.34. The molecular weight excluding hydrogens is 198 g/mol. The molecule has 0 radical (unpaired) electrons. The van der Waals surface area contributed by atoms with Gasteiger partial charge in [-0.2, -0.15) is 0 Å². The minimum atomic E-state index is -0.561. The van der Waals surface area contributed by atoms with Crippen molar-refractivity contribution in [1.29, 1.82) is 0 Å². The molecule has 0 heterocycles. The topological polar surface area (TPSA) is 38.0 Å². The lowest BCUT2D eigenvalue weighted by Crippen LogP contribution is -2.35. The summed E-state index contributed by atoms with van der Waals surface area (Å²) in [5.74, 6) is -1.12. The second-order valence-electron chi connectivity index (χ2n) is 3.97. The summed E-state index contributed by atoms with van der Waals surface area (Å²) in [4.78, 5) is 0. The van der Waals surface area contributed by atoms with E-state index in [2.05, 4.69) is 5.32 Å². The minimum absolute atomic E-state index is 0.0643. The maximum absolute atomic E-state index is 13.3. The first-order valence-corrected chi connectivity index (χ1v) is 5.14. The molecule has 0 bridgehead atoms. The van der Waals surface area contributed by atoms with Crippen LogP contribution in [0.1, 0.15) is 19.3 Å². The summed E-state index contributed by atoms with van der Waals surface area (Å²) in [6.07, 6.45) is 2.96. The quantitative estimate of drug-likeness (QED) is 0.789. The van der Waals surface area contributed by atoms with Crippen LogP contribution in [0.4, 0.5) is 14.5 Å². The van der Waals surface area contributed by atoms with Crippen molar-refractivity contribution in [2.75, 3.05) is 5.32 Å². The Bertz CT molecular complexity index is 354. The van der Waals surface area contributed by atoms with Gasteiger partial charge in [0.2, 0.25) is 0 Å². The number of halogens is 2. The fourth-order valence-corrected chi connectivity index (χ4v) is 1.97. The van der Waals surface area contributed by atoms with Gasteiger partial charge in [-0.15, -0.1) is 0 Å². The van der Waals surface area contributed by atoms with Crippen molar-refractivity contribution in [1.82, 2.24) is 0 Å². The molecule has 1 aromatic rings. The average Bonchev–Trinajstić information content (AvgIpc) is 2.57. The van der Waals surface area contributed by atoms with E-state index in [1.54, 1.807) is 0 Å². The first kappa shape index (κ1) is 10.4. The molecule has 0 aliphatic heterocycles. The smallest absolute Gasteiger partial charge is 0.149 e. The van der Waals surface area contributed by atoms with Crippen molar-refractivity contribution in [2.24, 2.45) is 5.73 Å². The number of hydrogen-bond donors (Lipinski definition) is 2. The van der Waals surface area contributed by atoms with Crippen LogP contribution in [-0.4, -0.2) is 12.1 Å². The molecule has 1 fully saturated rings. The van der Waals surface area contributed by atoms with Gasteiger partial charge in [-0.3, -0.25) is 0 Å². The fraction of sp³-hybridized carbons (Fsp3) is 0.455. The van der Waals surface area contributed by atoms with Crippen LogP contribution < -0.4 is 11.1 Å². The summed E-state index contributed by atoms with van der Waals surface area (Å²) >= 11 is 0. The molecule has 4 heteroatoms. The Balaban J connectivity index is 2.10. The number of nitrogens with two attached hydrogens (primary N) is 1. The molecule has 1 aromatic carbocycles. The molecule has 0 aromatic heterocycles. The van der Waals surface area contributed by atoms with Crippen molar-refractivity contribution in [2.45, 2.75) is 31.3 Å². The molecule has 3 N–H and O–H groups in total. The lowest BCUT2D eigenvalue weighted by atomic mass is 10.1. The molecule has 2 atom stereocenters. The van der Waals surface area contributed by atoms with Crippen molar-refractivity contribution in [3.05, 3.63) is 29.8 Å². The summed E-state index contributed by atoms with van der Waals surface area (Å²) < 4.78 is 25.9. The van der Waals surface area contributed by atoms with Gasteiger partial charge in [0.25, 0.3) is 0 Å². The Kier molecular flexibility index (Phi) is 2.86. The van der Waals surface area contributed by atoms with E-state index in [1.165, 1.54) is 12.1 Å². The Morgan fingerprint density at radius 2 is 2.07 bits per heavy atom. The van der Waals surface area contributed by atoms with Crippen LogP contribution in [0.15, 0.2) is 18.2 Å². The zero-order chi connectivity index (χ0) is 10.8. The molecule has 2 rings (SSSR count). The third-order valence-electron chi connectivity index (χ3n) is 2.84. The highest BCUT2D eigenvalue weighted by molar-refractivity contribution is 5.46. The van der Waals surface area contributed by atoms with Crippen molar-refractivity contribution >= 4 is 5.69 Å². The van der Waals surface area contributed by atoms with Crippen LogP contribution in [0.3, 0.4) is 0 Å². The number of benzene rings is 1. The predicted octanol–water partition coefficient (Wildman–Crippen LogP) is 2.26. The summed E-state index contributed by atoms with van der Waals surface area (Å²) in [5.41, 5.74) is 6.18. The highest BCUT2D eigenvalue weighted by atomic mass is 19.1. The number of hydrogen-bond acceptors (Lipinski definition) is 2. The van der Waals surface area contributed by atoms with Crippen molar-refractivity contribution in [3.63, 3.8) is 0 Å². The second-order valence-corrected chi connectivity index (χ2v) is 3.97. The summed E-state index contributed by atoms with van der Waals surface area (Å²) in [6.45, 7) is 0. The molecule has 1 aliphatic carbocycles. The van der Waals surface area contributed by atoms with E-state index in [4.69, 9.17) is 5.73 Å². The van der Waals surface area contributed by atoms with E-state index in [9.17, 15) is 8.78 Å². The Morgan fingerprint density at radius 1 is 1.27 bits per heavy atom. The van der Waals surface area contributed by atoms with Gasteiger partial charge in [0.1, 0.15) is 11.6 Å². The maximum atomic E-state index is 13.3. The summed E-state index contributed by atoms with van der Waals surface area (Å²) in [7, 11) is 0. The van der Waals surface area contributed by atoms with E-state index < -0.39 is 11.6 Å². The van der Waals surface area contributed by atoms with Crippen LogP contribution >= 0.6 is 0 Å². The van der Waals surface area contributed by atoms with Crippen LogP contribution in [0.2, 0.25) is 0 Å². The van der Waals surface area contributed by atoms with Gasteiger partial charge in [-0.25, -0.2) is 8.78 Å². The number of rotatable bonds is 2. The highest BCUT2D eigenvalue weighted by Crippen LogP contribution is 2.23. The predicted molar refractivity (Wildman–Crippen MR) is 55.6 cm³/mol. The third-order valence-corrected chi connectivity index (χ3v) is 2.84. The summed E-state index contributed by atoms with van der Waals surface area (Å²) in [6, 6.07) is 3.70. The largest absolute Gasteiger partial charge is 0.378 e. The lowest BCUT2D eigenvalue weighted by Gasteiger charge is -2.18. The number of anilines is 1. The monoisotopic (exact) mass is 212 g/mol. The van der Waals surface area contributed by atoms with Gasteiger partial charge in [0, 0.05) is 18.2 Å². The molecule has 2 nitrogen and oxygen atoms in total. The van der Waals surface area contributed by atoms with Crippen molar-refractivity contribution in [3.8, 4) is 0 Å². The molecular formula is C11H14F2N2. The van der Waals surface area contributed by atoms with E-state index in [-0.39, 0.29) is 12.1 Å². The first-order valence-electron chi connectivity index (χ1n) is 5.14. The number of nitrogens with one attached hydrogen (secondary N) is 1. The van der Waals surface area contributed by atoms with Gasteiger partial charge in [0.05, 0.1) is 5.69 Å². The fourth-order valence-electron chi connectivity index (χ4n) is 1.97. The molecule has 0 saturated heterocycles. The molecule has 0 spiro atoms. The SMILES string of the molecule is N[C@H]1CCC[C@@H]1Nc1ccc(F)cc1F.